The van der Waals surface area contributed by atoms with Crippen LogP contribution in [-0.4, -0.2) is 19.8 Å². The second-order valence-electron chi connectivity index (χ2n) is 7.39. The molecule has 5 nitrogen and oxygen atoms in total. The minimum atomic E-state index is -0.0387. The van der Waals surface area contributed by atoms with Crippen LogP contribution in [0.4, 0.5) is 0 Å². The fraction of sp³-hybridized carbons (Fsp3) is 0.625. The molecule has 0 aliphatic heterocycles. The molecule has 0 fully saturated rings. The van der Waals surface area contributed by atoms with Gasteiger partial charge in [-0.1, -0.05) is 27.7 Å². The summed E-state index contributed by atoms with van der Waals surface area (Å²) in [4.78, 5) is 4.10. The first-order valence-corrected chi connectivity index (χ1v) is 7.36. The molecule has 2 rings (SSSR count). The summed E-state index contributed by atoms with van der Waals surface area (Å²) in [7, 11) is 0. The number of aryl methyl sites for hydroxylation is 1. The van der Waals surface area contributed by atoms with Gasteiger partial charge in [0.2, 0.25) is 0 Å². The third kappa shape index (κ3) is 4.92. The summed E-state index contributed by atoms with van der Waals surface area (Å²) in [5.41, 5.74) is 0.375. The minimum absolute atomic E-state index is 0.0387. The molecular weight excluding hydrogens is 266 g/mol. The monoisotopic (exact) mass is 291 g/mol. The summed E-state index contributed by atoms with van der Waals surface area (Å²) in [6.07, 6.45) is 8.57. The lowest BCUT2D eigenvalue weighted by Gasteiger charge is -2.35. The van der Waals surface area contributed by atoms with Crippen LogP contribution in [0.1, 0.15) is 46.3 Å². The smallest absolute Gasteiger partial charge is 0.251 e. The third-order valence-corrected chi connectivity index (χ3v) is 3.72. The van der Waals surface area contributed by atoms with Gasteiger partial charge in [-0.25, -0.2) is 4.98 Å². The van der Waals surface area contributed by atoms with Gasteiger partial charge in [0, 0.05) is 31.4 Å². The lowest BCUT2D eigenvalue weighted by atomic mass is 9.72. The summed E-state index contributed by atoms with van der Waals surface area (Å²) < 4.78 is 7.19. The first-order valence-electron chi connectivity index (χ1n) is 7.36. The van der Waals surface area contributed by atoms with Crippen molar-refractivity contribution < 1.29 is 9.63 Å². The maximum Gasteiger partial charge on any atom is 0.251 e. The first-order chi connectivity index (χ1) is 9.76. The van der Waals surface area contributed by atoms with Crippen LogP contribution < -0.4 is 0 Å². The van der Waals surface area contributed by atoms with Gasteiger partial charge < -0.3 is 14.2 Å². The predicted octanol–water partition coefficient (Wildman–Crippen LogP) is 3.65. The number of rotatable bonds is 7. The number of aromatic hydroxyl groups is 1. The van der Waals surface area contributed by atoms with Gasteiger partial charge >= 0.3 is 0 Å². The molecule has 5 heteroatoms. The van der Waals surface area contributed by atoms with Gasteiger partial charge in [0.05, 0.1) is 6.33 Å². The Labute approximate surface area is 126 Å². The summed E-state index contributed by atoms with van der Waals surface area (Å²) in [5, 5.41) is 12.7. The topological polar surface area (TPSA) is 64.1 Å². The van der Waals surface area contributed by atoms with Crippen LogP contribution in [0.3, 0.4) is 0 Å². The molecule has 116 valence electrons. The normalized spacial score (nSPS) is 12.8. The number of aromatic nitrogens is 3. The Hall–Kier alpha value is -1.78. The zero-order valence-electron chi connectivity index (χ0n) is 13.3. The molecule has 0 bridgehead atoms. The SMILES string of the molecule is CC(C)(CCc1cc(O)no1)CC(C)(C)Cn1ccnc1. The van der Waals surface area contributed by atoms with Crippen molar-refractivity contribution in [2.45, 2.75) is 53.5 Å². The predicted molar refractivity (Wildman–Crippen MR) is 80.9 cm³/mol. The lowest BCUT2D eigenvalue weighted by Crippen LogP contribution is -2.27. The zero-order chi connectivity index (χ0) is 15.5. The summed E-state index contributed by atoms with van der Waals surface area (Å²) >= 11 is 0. The highest BCUT2D eigenvalue weighted by Gasteiger charge is 2.29. The Bertz CT molecular complexity index is 556. The zero-order valence-corrected chi connectivity index (χ0v) is 13.3. The van der Waals surface area contributed by atoms with Crippen molar-refractivity contribution in [3.8, 4) is 5.88 Å². The van der Waals surface area contributed by atoms with Crippen molar-refractivity contribution in [2.75, 3.05) is 0 Å². The molecule has 0 aromatic carbocycles. The van der Waals surface area contributed by atoms with Gasteiger partial charge in [0.15, 0.2) is 0 Å². The van der Waals surface area contributed by atoms with E-state index >= 15 is 0 Å². The quantitative estimate of drug-likeness (QED) is 0.845. The van der Waals surface area contributed by atoms with E-state index in [0.717, 1.165) is 31.6 Å². The average molecular weight is 291 g/mol. The number of imidazole rings is 1. The standard InChI is InChI=1S/C16H25N3O2/c1-15(2,6-5-13-9-14(20)18-21-13)10-16(3,4)11-19-8-7-17-12-19/h7-9,12H,5-6,10-11H2,1-4H3,(H,18,20). The summed E-state index contributed by atoms with van der Waals surface area (Å²) in [6, 6.07) is 1.59. The van der Waals surface area contributed by atoms with Gasteiger partial charge in [-0.3, -0.25) is 0 Å². The fourth-order valence-corrected chi connectivity index (χ4v) is 3.20. The molecule has 2 aromatic rings. The van der Waals surface area contributed by atoms with E-state index in [9.17, 15) is 5.11 Å². The van der Waals surface area contributed by atoms with Gasteiger partial charge in [0.25, 0.3) is 5.88 Å². The number of nitrogens with zero attached hydrogens (tertiary/aromatic N) is 3. The van der Waals surface area contributed by atoms with Crippen LogP contribution in [0, 0.1) is 10.8 Å². The van der Waals surface area contributed by atoms with Crippen LogP contribution in [0.2, 0.25) is 0 Å². The van der Waals surface area contributed by atoms with Crippen molar-refractivity contribution in [3.63, 3.8) is 0 Å². The van der Waals surface area contributed by atoms with Gasteiger partial charge in [-0.05, 0) is 28.8 Å². The van der Waals surface area contributed by atoms with Crippen molar-refractivity contribution in [1.82, 2.24) is 14.7 Å². The molecule has 0 aliphatic rings. The molecule has 0 saturated carbocycles. The van der Waals surface area contributed by atoms with Crippen LogP contribution in [-0.2, 0) is 13.0 Å². The maximum absolute atomic E-state index is 9.20. The highest BCUT2D eigenvalue weighted by atomic mass is 16.5. The number of hydrogen-bond acceptors (Lipinski definition) is 4. The highest BCUT2D eigenvalue weighted by molar-refractivity contribution is 5.09. The Morgan fingerprint density at radius 3 is 2.57 bits per heavy atom. The molecular formula is C16H25N3O2. The van der Waals surface area contributed by atoms with E-state index < -0.39 is 0 Å². The Morgan fingerprint density at radius 2 is 2.00 bits per heavy atom. The fourth-order valence-electron chi connectivity index (χ4n) is 3.20. The lowest BCUT2D eigenvalue weighted by molar-refractivity contribution is 0.158. The van der Waals surface area contributed by atoms with Gasteiger partial charge in [-0.2, -0.15) is 0 Å². The highest BCUT2D eigenvalue weighted by Crippen LogP contribution is 2.38. The summed E-state index contributed by atoms with van der Waals surface area (Å²) in [6.45, 7) is 10.1. The van der Waals surface area contributed by atoms with E-state index in [1.165, 1.54) is 0 Å². The molecule has 2 heterocycles. The molecule has 0 saturated heterocycles. The van der Waals surface area contributed by atoms with E-state index in [0.29, 0.717) is 0 Å². The van der Waals surface area contributed by atoms with Crippen LogP contribution in [0.25, 0.3) is 0 Å². The van der Waals surface area contributed by atoms with Crippen molar-refractivity contribution in [2.24, 2.45) is 10.8 Å². The van der Waals surface area contributed by atoms with Crippen molar-refractivity contribution >= 4 is 0 Å². The molecule has 1 N–H and O–H groups in total. The van der Waals surface area contributed by atoms with E-state index in [1.807, 2.05) is 18.7 Å². The van der Waals surface area contributed by atoms with E-state index in [1.54, 1.807) is 6.07 Å². The largest absolute Gasteiger partial charge is 0.491 e. The Morgan fingerprint density at radius 1 is 1.24 bits per heavy atom. The van der Waals surface area contributed by atoms with Crippen LogP contribution >= 0.6 is 0 Å². The number of hydrogen-bond donors (Lipinski definition) is 1. The average Bonchev–Trinajstić information content (AvgIpc) is 2.96. The van der Waals surface area contributed by atoms with Crippen LogP contribution in [0.15, 0.2) is 29.3 Å². The van der Waals surface area contributed by atoms with Crippen molar-refractivity contribution in [3.05, 3.63) is 30.5 Å². The van der Waals surface area contributed by atoms with E-state index in [2.05, 4.69) is 42.4 Å². The van der Waals surface area contributed by atoms with E-state index in [4.69, 9.17) is 4.52 Å². The second-order valence-corrected chi connectivity index (χ2v) is 7.39. The summed E-state index contributed by atoms with van der Waals surface area (Å²) in [5.74, 6) is 0.705. The van der Waals surface area contributed by atoms with Crippen LogP contribution in [0.5, 0.6) is 5.88 Å². The molecule has 0 unspecified atom stereocenters. The third-order valence-electron chi connectivity index (χ3n) is 3.72. The molecule has 0 aliphatic carbocycles. The molecule has 0 amide bonds. The molecule has 2 aromatic heterocycles. The van der Waals surface area contributed by atoms with Crippen molar-refractivity contribution in [1.29, 1.82) is 0 Å². The minimum Gasteiger partial charge on any atom is -0.491 e. The molecule has 0 atom stereocenters. The Balaban J connectivity index is 1.89. The van der Waals surface area contributed by atoms with Gasteiger partial charge in [-0.15, -0.1) is 0 Å². The molecule has 0 spiro atoms. The van der Waals surface area contributed by atoms with E-state index in [-0.39, 0.29) is 16.7 Å². The first kappa shape index (κ1) is 15.6. The molecule has 21 heavy (non-hydrogen) atoms. The maximum atomic E-state index is 9.20. The second kappa shape index (κ2) is 5.92. The molecule has 0 radical (unpaired) electrons. The Kier molecular flexibility index (Phi) is 4.40. The van der Waals surface area contributed by atoms with Gasteiger partial charge in [0.1, 0.15) is 5.76 Å².